The quantitative estimate of drug-likeness (QED) is 0.877. The fourth-order valence-corrected chi connectivity index (χ4v) is 2.86. The summed E-state index contributed by atoms with van der Waals surface area (Å²) in [5, 5.41) is 13.7. The molecule has 0 aromatic carbocycles. The maximum absolute atomic E-state index is 11.7. The lowest BCUT2D eigenvalue weighted by Gasteiger charge is -2.13. The zero-order valence-electron chi connectivity index (χ0n) is 8.83. The molecule has 1 aromatic heterocycles. The predicted octanol–water partition coefficient (Wildman–Crippen LogP) is 2.40. The van der Waals surface area contributed by atoms with Crippen LogP contribution in [-0.2, 0) is 0 Å². The van der Waals surface area contributed by atoms with Gasteiger partial charge in [0.25, 0.3) is 5.91 Å². The van der Waals surface area contributed by atoms with E-state index >= 15 is 0 Å². The number of carbonyl (C=O) groups excluding carboxylic acids is 1. The van der Waals surface area contributed by atoms with Crippen molar-refractivity contribution in [2.45, 2.75) is 19.3 Å². The molecule has 1 fully saturated rings. The highest BCUT2D eigenvalue weighted by atomic mass is 79.9. The molecule has 88 valence electrons. The van der Waals surface area contributed by atoms with Crippen LogP contribution in [-0.4, -0.2) is 24.2 Å². The van der Waals surface area contributed by atoms with Crippen molar-refractivity contribution in [2.24, 2.45) is 5.41 Å². The predicted molar refractivity (Wildman–Crippen MR) is 67.7 cm³/mol. The van der Waals surface area contributed by atoms with Crippen molar-refractivity contribution in [3.8, 4) is 0 Å². The summed E-state index contributed by atoms with van der Waals surface area (Å²) in [4.78, 5) is 11.7. The van der Waals surface area contributed by atoms with Crippen molar-refractivity contribution in [2.75, 3.05) is 13.2 Å². The lowest BCUT2D eigenvalue weighted by atomic mass is 10.0. The highest BCUT2D eigenvalue weighted by Gasteiger charge is 2.41. The Hall–Kier alpha value is -0.390. The standard InChI is InChI=1S/C11H14BrNO2S/c12-9-5-8(6-16-9)10(15)13-7-11(1-2-11)3-4-14/h5-6,14H,1-4,7H2,(H,13,15). The number of aliphatic hydroxyl groups excluding tert-OH is 1. The van der Waals surface area contributed by atoms with Gasteiger partial charge in [0.2, 0.25) is 0 Å². The smallest absolute Gasteiger partial charge is 0.252 e. The molecule has 1 heterocycles. The second kappa shape index (κ2) is 4.85. The van der Waals surface area contributed by atoms with Crippen LogP contribution in [0.1, 0.15) is 29.6 Å². The van der Waals surface area contributed by atoms with E-state index in [1.165, 1.54) is 11.3 Å². The summed E-state index contributed by atoms with van der Waals surface area (Å²) in [7, 11) is 0. The van der Waals surface area contributed by atoms with Crippen molar-refractivity contribution in [3.63, 3.8) is 0 Å². The van der Waals surface area contributed by atoms with E-state index in [4.69, 9.17) is 5.11 Å². The fourth-order valence-electron chi connectivity index (χ4n) is 1.73. The maximum Gasteiger partial charge on any atom is 0.252 e. The molecular formula is C11H14BrNO2S. The first-order valence-corrected chi connectivity index (χ1v) is 6.96. The summed E-state index contributed by atoms with van der Waals surface area (Å²) >= 11 is 4.84. The maximum atomic E-state index is 11.7. The fraction of sp³-hybridized carbons (Fsp3) is 0.545. The van der Waals surface area contributed by atoms with Gasteiger partial charge in [0.15, 0.2) is 0 Å². The second-order valence-corrected chi connectivity index (χ2v) is 6.59. The molecule has 0 radical (unpaired) electrons. The number of nitrogens with one attached hydrogen (secondary N) is 1. The molecule has 0 aliphatic heterocycles. The molecule has 0 unspecified atom stereocenters. The molecular weight excluding hydrogens is 290 g/mol. The first-order valence-electron chi connectivity index (χ1n) is 5.28. The van der Waals surface area contributed by atoms with E-state index in [9.17, 15) is 4.79 Å². The Morgan fingerprint density at radius 2 is 2.38 bits per heavy atom. The molecule has 1 aliphatic rings. The average molecular weight is 304 g/mol. The summed E-state index contributed by atoms with van der Waals surface area (Å²) in [5.74, 6) is -0.0221. The van der Waals surface area contributed by atoms with E-state index in [-0.39, 0.29) is 17.9 Å². The lowest BCUT2D eigenvalue weighted by molar-refractivity contribution is 0.0941. The van der Waals surface area contributed by atoms with Gasteiger partial charge in [-0.25, -0.2) is 0 Å². The number of aliphatic hydroxyl groups is 1. The third-order valence-corrected chi connectivity index (χ3v) is 4.56. The molecule has 1 aliphatic carbocycles. The first kappa shape index (κ1) is 12.1. The third kappa shape index (κ3) is 2.84. The summed E-state index contributed by atoms with van der Waals surface area (Å²) in [6.45, 7) is 0.889. The molecule has 1 aromatic rings. The lowest BCUT2D eigenvalue weighted by Crippen LogP contribution is -2.30. The molecule has 0 spiro atoms. The van der Waals surface area contributed by atoms with E-state index in [2.05, 4.69) is 21.2 Å². The Morgan fingerprint density at radius 3 is 2.88 bits per heavy atom. The highest BCUT2D eigenvalue weighted by molar-refractivity contribution is 9.11. The summed E-state index contributed by atoms with van der Waals surface area (Å²) in [6, 6.07) is 1.83. The van der Waals surface area contributed by atoms with E-state index in [0.717, 1.165) is 23.0 Å². The SMILES string of the molecule is O=C(NCC1(CCO)CC1)c1csc(Br)c1. The van der Waals surface area contributed by atoms with Gasteiger partial charge in [0.05, 0.1) is 9.35 Å². The van der Waals surface area contributed by atoms with Gasteiger partial charge in [-0.2, -0.15) is 0 Å². The summed E-state index contributed by atoms with van der Waals surface area (Å²) in [6.07, 6.45) is 3.02. The molecule has 0 saturated heterocycles. The molecule has 1 amide bonds. The van der Waals surface area contributed by atoms with Crippen molar-refractivity contribution < 1.29 is 9.90 Å². The Bertz CT molecular complexity index is 387. The van der Waals surface area contributed by atoms with Gasteiger partial charge in [-0.1, -0.05) is 0 Å². The molecule has 2 rings (SSSR count). The van der Waals surface area contributed by atoms with Gasteiger partial charge < -0.3 is 10.4 Å². The highest BCUT2D eigenvalue weighted by Crippen LogP contribution is 2.47. The number of carbonyl (C=O) groups is 1. The van der Waals surface area contributed by atoms with Crippen molar-refractivity contribution >= 4 is 33.2 Å². The van der Waals surface area contributed by atoms with Crippen LogP contribution >= 0.6 is 27.3 Å². The van der Waals surface area contributed by atoms with E-state index in [0.29, 0.717) is 12.1 Å². The second-order valence-electron chi connectivity index (χ2n) is 4.30. The van der Waals surface area contributed by atoms with Crippen molar-refractivity contribution in [1.82, 2.24) is 5.32 Å². The minimum atomic E-state index is -0.0221. The number of hydrogen-bond acceptors (Lipinski definition) is 3. The summed E-state index contributed by atoms with van der Waals surface area (Å²) < 4.78 is 0.967. The van der Waals surface area contributed by atoms with E-state index < -0.39 is 0 Å². The van der Waals surface area contributed by atoms with Gasteiger partial charge in [0, 0.05) is 18.5 Å². The first-order chi connectivity index (χ1) is 7.65. The number of thiophene rings is 1. The average Bonchev–Trinajstić information content (AvgIpc) is 2.89. The molecule has 16 heavy (non-hydrogen) atoms. The topological polar surface area (TPSA) is 49.3 Å². The Balaban J connectivity index is 1.84. The van der Waals surface area contributed by atoms with Crippen LogP contribution in [0.15, 0.2) is 15.2 Å². The third-order valence-electron chi connectivity index (χ3n) is 3.05. The molecule has 0 bridgehead atoms. The number of amides is 1. The van der Waals surface area contributed by atoms with Gasteiger partial charge in [-0.05, 0) is 46.7 Å². The van der Waals surface area contributed by atoms with Crippen LogP contribution in [0.25, 0.3) is 0 Å². The van der Waals surface area contributed by atoms with Crippen LogP contribution in [0, 0.1) is 5.41 Å². The normalized spacial score (nSPS) is 17.1. The minimum Gasteiger partial charge on any atom is -0.396 e. The Labute approximate surface area is 107 Å². The van der Waals surface area contributed by atoms with Crippen molar-refractivity contribution in [1.29, 1.82) is 0 Å². The number of halogens is 1. The van der Waals surface area contributed by atoms with Crippen molar-refractivity contribution in [3.05, 3.63) is 20.8 Å². The van der Waals surface area contributed by atoms with Crippen LogP contribution in [0.2, 0.25) is 0 Å². The molecule has 5 heteroatoms. The van der Waals surface area contributed by atoms with Crippen LogP contribution in [0.3, 0.4) is 0 Å². The monoisotopic (exact) mass is 303 g/mol. The minimum absolute atomic E-state index is 0.0221. The van der Waals surface area contributed by atoms with Gasteiger partial charge in [-0.3, -0.25) is 4.79 Å². The molecule has 3 nitrogen and oxygen atoms in total. The zero-order valence-corrected chi connectivity index (χ0v) is 11.2. The van der Waals surface area contributed by atoms with Crippen LogP contribution in [0.4, 0.5) is 0 Å². The van der Waals surface area contributed by atoms with Gasteiger partial charge in [-0.15, -0.1) is 11.3 Å². The Morgan fingerprint density at radius 1 is 1.62 bits per heavy atom. The number of hydrogen-bond donors (Lipinski definition) is 2. The number of rotatable bonds is 5. The van der Waals surface area contributed by atoms with E-state index in [1.807, 2.05) is 11.4 Å². The molecule has 1 saturated carbocycles. The zero-order chi connectivity index (χ0) is 11.6. The molecule has 0 atom stereocenters. The summed E-state index contributed by atoms with van der Waals surface area (Å²) in [5.41, 5.74) is 0.883. The largest absolute Gasteiger partial charge is 0.396 e. The van der Waals surface area contributed by atoms with Gasteiger partial charge in [0.1, 0.15) is 0 Å². The Kier molecular flexibility index (Phi) is 3.66. The van der Waals surface area contributed by atoms with Crippen LogP contribution in [0.5, 0.6) is 0 Å². The molecule has 2 N–H and O–H groups in total. The van der Waals surface area contributed by atoms with E-state index in [1.54, 1.807) is 0 Å². The van der Waals surface area contributed by atoms with Gasteiger partial charge >= 0.3 is 0 Å². The van der Waals surface area contributed by atoms with Crippen LogP contribution < -0.4 is 5.32 Å².